The molecular formula is C28H37Cl3F3N3O3S. The smallest absolute Gasteiger partial charge is 0.416 e. The van der Waals surface area contributed by atoms with Crippen molar-refractivity contribution in [3.8, 4) is 5.75 Å². The van der Waals surface area contributed by atoms with Crippen molar-refractivity contribution in [3.63, 3.8) is 0 Å². The number of phenolic OH excluding ortho intramolecular Hbond substituents is 1. The van der Waals surface area contributed by atoms with Gasteiger partial charge in [0, 0.05) is 62.3 Å². The molecule has 0 aliphatic carbocycles. The first kappa shape index (κ1) is 35.8. The third kappa shape index (κ3) is 9.55. The second-order valence-electron chi connectivity index (χ2n) is 10.4. The summed E-state index contributed by atoms with van der Waals surface area (Å²) in [4.78, 5) is 20.4. The molecule has 41 heavy (non-hydrogen) atoms. The number of morpholine rings is 1. The molecule has 1 N–H and O–H groups in total. The largest absolute Gasteiger partial charge is 0.506 e. The average molecular weight is 659 g/mol. The van der Waals surface area contributed by atoms with Gasteiger partial charge in [-0.15, -0.1) is 36.6 Å². The third-order valence-corrected chi connectivity index (χ3v) is 8.28. The lowest BCUT2D eigenvalue weighted by Crippen LogP contribution is -2.57. The Labute approximate surface area is 261 Å². The molecule has 0 bridgehead atoms. The fourth-order valence-electron chi connectivity index (χ4n) is 5.44. The number of hydrogen-bond acceptors (Lipinski definition) is 6. The molecule has 230 valence electrons. The van der Waals surface area contributed by atoms with E-state index in [-0.39, 0.29) is 59.4 Å². The second kappa shape index (κ2) is 15.4. The van der Waals surface area contributed by atoms with Crippen molar-refractivity contribution in [1.82, 2.24) is 14.7 Å². The van der Waals surface area contributed by atoms with Gasteiger partial charge in [0.05, 0.1) is 22.8 Å². The number of benzene rings is 2. The lowest BCUT2D eigenvalue weighted by atomic mass is 10.00. The van der Waals surface area contributed by atoms with E-state index < -0.39 is 17.6 Å². The van der Waals surface area contributed by atoms with Crippen molar-refractivity contribution >= 4 is 54.1 Å². The van der Waals surface area contributed by atoms with Crippen LogP contribution < -0.4 is 0 Å². The molecule has 2 aliphatic heterocycles. The number of hydrogen-bond donors (Lipinski definition) is 1. The average Bonchev–Trinajstić information content (AvgIpc) is 2.88. The van der Waals surface area contributed by atoms with Crippen LogP contribution in [0.25, 0.3) is 0 Å². The maximum absolute atomic E-state index is 13.7. The predicted molar refractivity (Wildman–Crippen MR) is 162 cm³/mol. The van der Waals surface area contributed by atoms with Crippen LogP contribution in [0.3, 0.4) is 0 Å². The molecule has 2 saturated heterocycles. The van der Waals surface area contributed by atoms with E-state index >= 15 is 0 Å². The summed E-state index contributed by atoms with van der Waals surface area (Å²) in [6.07, 6.45) is -2.07. The molecule has 2 aliphatic rings. The lowest BCUT2D eigenvalue weighted by Gasteiger charge is -2.43. The highest BCUT2D eigenvalue weighted by Crippen LogP contribution is 2.34. The molecule has 3 atom stereocenters. The molecule has 6 nitrogen and oxygen atoms in total. The van der Waals surface area contributed by atoms with Gasteiger partial charge in [-0.1, -0.05) is 17.7 Å². The van der Waals surface area contributed by atoms with Crippen LogP contribution in [0.5, 0.6) is 5.75 Å². The normalized spacial score (nSPS) is 22.1. The molecule has 0 saturated carbocycles. The van der Waals surface area contributed by atoms with Crippen molar-refractivity contribution in [2.24, 2.45) is 0 Å². The topological polar surface area (TPSA) is 56.3 Å². The van der Waals surface area contributed by atoms with Crippen molar-refractivity contribution in [1.29, 1.82) is 0 Å². The number of rotatable bonds is 7. The summed E-state index contributed by atoms with van der Waals surface area (Å²) in [5.74, 6) is -0.465. The van der Waals surface area contributed by atoms with Crippen LogP contribution >= 0.6 is 48.2 Å². The van der Waals surface area contributed by atoms with Gasteiger partial charge in [-0.05, 0) is 62.4 Å². The summed E-state index contributed by atoms with van der Waals surface area (Å²) < 4.78 is 46.6. The van der Waals surface area contributed by atoms with E-state index in [9.17, 15) is 23.1 Å². The van der Waals surface area contributed by atoms with Crippen LogP contribution in [0.2, 0.25) is 5.02 Å². The first-order chi connectivity index (χ1) is 18.4. The van der Waals surface area contributed by atoms with Gasteiger partial charge in [0.15, 0.2) is 0 Å². The zero-order valence-electron chi connectivity index (χ0n) is 23.2. The third-order valence-electron chi connectivity index (χ3n) is 7.25. The fraction of sp³-hybridized carbons (Fsp3) is 0.536. The van der Waals surface area contributed by atoms with Crippen molar-refractivity contribution < 1.29 is 27.8 Å². The minimum Gasteiger partial charge on any atom is -0.506 e. The van der Waals surface area contributed by atoms with E-state index in [0.29, 0.717) is 31.0 Å². The van der Waals surface area contributed by atoms with E-state index in [4.69, 9.17) is 16.3 Å². The number of nitrogens with zero attached hydrogens (tertiary/aromatic N) is 3. The molecular weight excluding hydrogens is 622 g/mol. The van der Waals surface area contributed by atoms with Gasteiger partial charge in [0.25, 0.3) is 5.91 Å². The molecule has 0 aromatic heterocycles. The van der Waals surface area contributed by atoms with Gasteiger partial charge in [0.2, 0.25) is 0 Å². The van der Waals surface area contributed by atoms with Crippen LogP contribution in [-0.2, 0) is 17.3 Å². The number of ether oxygens (including phenoxy) is 1. The molecule has 13 heteroatoms. The van der Waals surface area contributed by atoms with Crippen molar-refractivity contribution in [2.45, 2.75) is 49.6 Å². The highest BCUT2D eigenvalue weighted by molar-refractivity contribution is 7.98. The maximum atomic E-state index is 13.7. The molecule has 2 heterocycles. The fourth-order valence-corrected chi connectivity index (χ4v) is 6.05. The van der Waals surface area contributed by atoms with E-state index in [0.717, 1.165) is 43.9 Å². The molecule has 0 radical (unpaired) electrons. The number of carbonyl (C=O) groups is 1. The Morgan fingerprint density at radius 2 is 1.68 bits per heavy atom. The van der Waals surface area contributed by atoms with Crippen molar-refractivity contribution in [3.05, 3.63) is 58.1 Å². The summed E-state index contributed by atoms with van der Waals surface area (Å²) in [6.45, 7) is 9.13. The van der Waals surface area contributed by atoms with Gasteiger partial charge in [-0.25, -0.2) is 0 Å². The summed E-state index contributed by atoms with van der Waals surface area (Å²) in [6, 6.07) is 8.24. The maximum Gasteiger partial charge on any atom is 0.416 e. The highest BCUT2D eigenvalue weighted by Gasteiger charge is 2.35. The molecule has 2 aromatic carbocycles. The van der Waals surface area contributed by atoms with Crippen LogP contribution in [0.15, 0.2) is 41.3 Å². The van der Waals surface area contributed by atoms with E-state index in [2.05, 4.69) is 23.6 Å². The summed E-state index contributed by atoms with van der Waals surface area (Å²) in [5, 5.41) is 10.4. The van der Waals surface area contributed by atoms with Gasteiger partial charge >= 0.3 is 6.18 Å². The monoisotopic (exact) mass is 657 g/mol. The van der Waals surface area contributed by atoms with E-state index in [1.807, 2.05) is 0 Å². The van der Waals surface area contributed by atoms with Gasteiger partial charge in [-0.2, -0.15) is 13.2 Å². The molecule has 4 rings (SSSR count). The Balaban J connectivity index is 0.00000294. The molecule has 2 aromatic rings. The number of amides is 1. The minimum atomic E-state index is -4.55. The number of thioether (sulfide) groups is 1. The first-order valence-electron chi connectivity index (χ1n) is 13.1. The number of piperazine rings is 1. The molecule has 2 fully saturated rings. The van der Waals surface area contributed by atoms with Crippen LogP contribution in [0, 0.1) is 0 Å². The lowest BCUT2D eigenvalue weighted by molar-refractivity contribution is -0.137. The van der Waals surface area contributed by atoms with Crippen LogP contribution in [0.4, 0.5) is 13.2 Å². The van der Waals surface area contributed by atoms with Crippen molar-refractivity contribution in [2.75, 3.05) is 52.1 Å². The summed E-state index contributed by atoms with van der Waals surface area (Å²) in [7, 11) is 0. The SMILES string of the molecule is CSc1cc(C(=O)N2CCN(CCN3CC(C)OC(C)C3)C[C@H]2Cc2ccc(Cl)c(O)c2)cc(C(F)(F)F)c1.Cl.Cl. The Morgan fingerprint density at radius 1 is 1.02 bits per heavy atom. The molecule has 1 amide bonds. The van der Waals surface area contributed by atoms with Gasteiger partial charge < -0.3 is 14.7 Å². The van der Waals surface area contributed by atoms with Crippen LogP contribution in [0.1, 0.15) is 35.3 Å². The Kier molecular flexibility index (Phi) is 13.4. The zero-order chi connectivity index (χ0) is 28.3. The molecule has 2 unspecified atom stereocenters. The number of phenols is 1. The molecule has 0 spiro atoms. The minimum absolute atomic E-state index is 0. The Hall–Kier alpha value is -1.40. The number of halogens is 6. The Bertz CT molecular complexity index is 1170. The summed E-state index contributed by atoms with van der Waals surface area (Å²) in [5.41, 5.74) is -0.00132. The quantitative estimate of drug-likeness (QED) is 0.363. The number of aromatic hydroxyl groups is 1. The van der Waals surface area contributed by atoms with E-state index in [1.165, 1.54) is 17.8 Å². The predicted octanol–water partition coefficient (Wildman–Crippen LogP) is 6.11. The van der Waals surface area contributed by atoms with Gasteiger partial charge in [0.1, 0.15) is 5.75 Å². The van der Waals surface area contributed by atoms with E-state index in [1.54, 1.807) is 29.4 Å². The number of alkyl halides is 3. The van der Waals surface area contributed by atoms with Gasteiger partial charge in [-0.3, -0.25) is 14.6 Å². The second-order valence-corrected chi connectivity index (χ2v) is 11.7. The van der Waals surface area contributed by atoms with Crippen LogP contribution in [-0.4, -0.2) is 96.0 Å². The first-order valence-corrected chi connectivity index (χ1v) is 14.7. The number of carbonyl (C=O) groups excluding carboxylic acids is 1. The standard InChI is InChI=1S/C28H35ClF3N3O3S.2ClH/c1-18-15-34(16-19(2)38-18)7-6-33-8-9-35(23(17-33)10-20-4-5-25(29)26(36)11-20)27(37)21-12-22(28(30,31)32)14-24(13-21)39-3;;/h4-5,11-14,18-19,23,36H,6-10,15-17H2,1-3H3;2*1H/t18?,19?,23-;;/m1../s1. The summed E-state index contributed by atoms with van der Waals surface area (Å²) >= 11 is 7.16. The highest BCUT2D eigenvalue weighted by atomic mass is 35.5. The zero-order valence-corrected chi connectivity index (χ0v) is 26.4. The Morgan fingerprint density at radius 3 is 2.29 bits per heavy atom.